The number of nitrogens with zero attached hydrogens (tertiary/aromatic N) is 1. The van der Waals surface area contributed by atoms with E-state index in [1.54, 1.807) is 0 Å². The Morgan fingerprint density at radius 1 is 1.37 bits per heavy atom. The van der Waals surface area contributed by atoms with Crippen molar-refractivity contribution < 1.29 is 0 Å². The van der Waals surface area contributed by atoms with Crippen molar-refractivity contribution in [2.45, 2.75) is 40.5 Å². The van der Waals surface area contributed by atoms with Crippen LogP contribution in [0.4, 0.5) is 5.69 Å². The van der Waals surface area contributed by atoms with Crippen LogP contribution in [0.25, 0.3) is 0 Å². The molecule has 0 heterocycles. The molecule has 0 unspecified atom stereocenters. The average Bonchev–Trinajstić information content (AvgIpc) is 2.32. The van der Waals surface area contributed by atoms with Crippen LogP contribution in [-0.4, -0.2) is 5.71 Å². The summed E-state index contributed by atoms with van der Waals surface area (Å²) in [5.74, 6) is 0. The van der Waals surface area contributed by atoms with Gasteiger partial charge in [0, 0.05) is 17.6 Å². The zero-order valence-electron chi connectivity index (χ0n) is 12.5. The van der Waals surface area contributed by atoms with E-state index in [0.717, 1.165) is 23.5 Å². The van der Waals surface area contributed by atoms with Gasteiger partial charge in [-0.05, 0) is 56.5 Å². The van der Waals surface area contributed by atoms with Crippen molar-refractivity contribution in [1.82, 2.24) is 5.32 Å². The van der Waals surface area contributed by atoms with Gasteiger partial charge in [0.2, 0.25) is 0 Å². The molecule has 1 rings (SSSR count). The number of benzene rings is 1. The highest BCUT2D eigenvalue weighted by Gasteiger charge is 1.98. The Balaban J connectivity index is 2.78. The molecule has 0 aromatic heterocycles. The molecule has 0 aliphatic heterocycles. The monoisotopic (exact) mass is 256 g/mol. The normalized spacial score (nSPS) is 11.9. The number of aliphatic imine (C=N–C) groups is 1. The van der Waals surface area contributed by atoms with Crippen molar-refractivity contribution >= 4 is 11.4 Å². The summed E-state index contributed by atoms with van der Waals surface area (Å²) in [6, 6.07) is 6.41. The molecule has 2 heteroatoms. The lowest BCUT2D eigenvalue weighted by Gasteiger charge is -2.05. The number of hydrogen-bond acceptors (Lipinski definition) is 2. The van der Waals surface area contributed by atoms with E-state index in [0.29, 0.717) is 0 Å². The Kier molecular flexibility index (Phi) is 6.07. The van der Waals surface area contributed by atoms with Crippen molar-refractivity contribution in [2.24, 2.45) is 4.99 Å². The topological polar surface area (TPSA) is 24.4 Å². The van der Waals surface area contributed by atoms with Gasteiger partial charge in [-0.15, -0.1) is 0 Å². The van der Waals surface area contributed by atoms with E-state index < -0.39 is 0 Å². The summed E-state index contributed by atoms with van der Waals surface area (Å²) in [6.07, 6.45) is 6.12. The van der Waals surface area contributed by atoms with E-state index in [1.807, 2.05) is 26.1 Å². The van der Waals surface area contributed by atoms with Crippen molar-refractivity contribution in [1.29, 1.82) is 0 Å². The van der Waals surface area contributed by atoms with Crippen LogP contribution in [-0.2, 0) is 6.42 Å². The maximum Gasteiger partial charge on any atom is 0.0635 e. The number of allylic oxidation sites excluding steroid dienone is 2. The van der Waals surface area contributed by atoms with Crippen molar-refractivity contribution in [3.8, 4) is 0 Å². The van der Waals surface area contributed by atoms with E-state index in [1.165, 1.54) is 17.5 Å². The SMILES string of the molecule is C=C(C)NC=CC(C)=Nc1ccc(CCC)c(C)c1. The first-order valence-electron chi connectivity index (χ1n) is 6.76. The summed E-state index contributed by atoms with van der Waals surface area (Å²) < 4.78 is 0. The number of hydrogen-bond donors (Lipinski definition) is 1. The van der Waals surface area contributed by atoms with E-state index in [2.05, 4.69) is 48.9 Å². The van der Waals surface area contributed by atoms with Gasteiger partial charge in [0.15, 0.2) is 0 Å². The van der Waals surface area contributed by atoms with Crippen molar-refractivity contribution in [3.63, 3.8) is 0 Å². The van der Waals surface area contributed by atoms with Gasteiger partial charge in [-0.2, -0.15) is 0 Å². The minimum absolute atomic E-state index is 0.920. The molecule has 0 saturated heterocycles. The third-order valence-corrected chi connectivity index (χ3v) is 2.81. The minimum Gasteiger partial charge on any atom is -0.366 e. The van der Waals surface area contributed by atoms with Crippen LogP contribution in [0.3, 0.4) is 0 Å². The number of rotatable bonds is 6. The summed E-state index contributed by atoms with van der Waals surface area (Å²) in [6.45, 7) is 12.0. The molecular formula is C17H24N2. The standard InChI is InChI=1S/C17H24N2/c1-6-7-16-8-9-17(12-14(16)4)19-15(5)10-11-18-13(2)3/h8-12,18H,2,6-7H2,1,3-5H3. The van der Waals surface area contributed by atoms with Crippen molar-refractivity contribution in [2.75, 3.05) is 0 Å². The lowest BCUT2D eigenvalue weighted by Crippen LogP contribution is -1.99. The third kappa shape index (κ3) is 5.56. The van der Waals surface area contributed by atoms with Crippen LogP contribution in [0, 0.1) is 6.92 Å². The smallest absolute Gasteiger partial charge is 0.0635 e. The minimum atomic E-state index is 0.920. The zero-order chi connectivity index (χ0) is 14.3. The Bertz CT molecular complexity index is 496. The first kappa shape index (κ1) is 15.2. The lowest BCUT2D eigenvalue weighted by atomic mass is 10.0. The van der Waals surface area contributed by atoms with Gasteiger partial charge in [0.1, 0.15) is 0 Å². The molecule has 0 spiro atoms. The molecular weight excluding hydrogens is 232 g/mol. The second-order valence-corrected chi connectivity index (χ2v) is 4.87. The van der Waals surface area contributed by atoms with Crippen LogP contribution in [0.5, 0.6) is 0 Å². The largest absolute Gasteiger partial charge is 0.366 e. The van der Waals surface area contributed by atoms with Crippen LogP contribution < -0.4 is 5.32 Å². The summed E-state index contributed by atoms with van der Waals surface area (Å²) in [5.41, 5.74) is 5.63. The van der Waals surface area contributed by atoms with Gasteiger partial charge in [-0.1, -0.05) is 26.0 Å². The predicted molar refractivity (Wildman–Crippen MR) is 85.0 cm³/mol. The van der Waals surface area contributed by atoms with E-state index in [9.17, 15) is 0 Å². The van der Waals surface area contributed by atoms with Gasteiger partial charge in [-0.25, -0.2) is 0 Å². The van der Waals surface area contributed by atoms with Crippen LogP contribution >= 0.6 is 0 Å². The summed E-state index contributed by atoms with van der Waals surface area (Å²) in [7, 11) is 0. The molecule has 0 aliphatic rings. The first-order valence-corrected chi connectivity index (χ1v) is 6.76. The lowest BCUT2D eigenvalue weighted by molar-refractivity contribution is 0.913. The van der Waals surface area contributed by atoms with Gasteiger partial charge < -0.3 is 5.32 Å². The number of nitrogens with one attached hydrogen (secondary N) is 1. The van der Waals surface area contributed by atoms with Crippen molar-refractivity contribution in [3.05, 3.63) is 53.9 Å². The van der Waals surface area contributed by atoms with Gasteiger partial charge in [-0.3, -0.25) is 4.99 Å². The zero-order valence-corrected chi connectivity index (χ0v) is 12.5. The summed E-state index contributed by atoms with van der Waals surface area (Å²) >= 11 is 0. The molecule has 1 aromatic rings. The maximum atomic E-state index is 4.58. The Labute approximate surface area is 117 Å². The molecule has 0 radical (unpaired) electrons. The fraction of sp³-hybridized carbons (Fsp3) is 0.353. The Morgan fingerprint density at radius 2 is 2.11 bits per heavy atom. The Hall–Kier alpha value is -1.83. The fourth-order valence-electron chi connectivity index (χ4n) is 1.84. The average molecular weight is 256 g/mol. The highest BCUT2D eigenvalue weighted by Crippen LogP contribution is 2.19. The second kappa shape index (κ2) is 7.57. The van der Waals surface area contributed by atoms with Crippen LogP contribution in [0.15, 0.2) is 47.7 Å². The molecule has 0 bridgehead atoms. The van der Waals surface area contributed by atoms with Crippen LogP contribution in [0.2, 0.25) is 0 Å². The summed E-state index contributed by atoms with van der Waals surface area (Å²) in [5, 5.41) is 3.04. The predicted octanol–water partition coefficient (Wildman–Crippen LogP) is 4.68. The highest BCUT2D eigenvalue weighted by atomic mass is 14.8. The molecule has 0 saturated carbocycles. The fourth-order valence-corrected chi connectivity index (χ4v) is 1.84. The van der Waals surface area contributed by atoms with Gasteiger partial charge in [0.05, 0.1) is 5.69 Å². The first-order chi connectivity index (χ1) is 9.02. The molecule has 0 amide bonds. The Morgan fingerprint density at radius 3 is 2.68 bits per heavy atom. The molecule has 19 heavy (non-hydrogen) atoms. The molecule has 1 aromatic carbocycles. The molecule has 0 fully saturated rings. The van der Waals surface area contributed by atoms with E-state index in [4.69, 9.17) is 0 Å². The quantitative estimate of drug-likeness (QED) is 0.734. The van der Waals surface area contributed by atoms with Gasteiger partial charge >= 0.3 is 0 Å². The van der Waals surface area contributed by atoms with Crippen LogP contribution in [0.1, 0.15) is 38.3 Å². The summed E-state index contributed by atoms with van der Waals surface area (Å²) in [4.78, 5) is 4.58. The second-order valence-electron chi connectivity index (χ2n) is 4.87. The molecule has 1 N–H and O–H groups in total. The number of aryl methyl sites for hydroxylation is 2. The third-order valence-electron chi connectivity index (χ3n) is 2.81. The molecule has 2 nitrogen and oxygen atoms in total. The highest BCUT2D eigenvalue weighted by molar-refractivity contribution is 5.94. The van der Waals surface area contributed by atoms with E-state index in [-0.39, 0.29) is 0 Å². The maximum absolute atomic E-state index is 4.58. The molecule has 102 valence electrons. The van der Waals surface area contributed by atoms with Gasteiger partial charge in [0.25, 0.3) is 0 Å². The molecule has 0 atom stereocenters. The molecule has 0 aliphatic carbocycles. The van der Waals surface area contributed by atoms with E-state index >= 15 is 0 Å².